The van der Waals surface area contributed by atoms with Gasteiger partial charge in [-0.3, -0.25) is 4.79 Å². The van der Waals surface area contributed by atoms with E-state index < -0.39 is 17.5 Å². The first-order valence-electron chi connectivity index (χ1n) is 5.12. The van der Waals surface area contributed by atoms with Gasteiger partial charge in [0.25, 0.3) is 5.91 Å². The Morgan fingerprint density at radius 2 is 2.00 bits per heavy atom. The third kappa shape index (κ3) is 2.78. The standard InChI is InChI=1S/C13H9ClFNO2/c14-9-3-1-2-8(6-9)13(18)16-10-4-5-12(17)11(15)7-10/h1-7,17H,(H,16,18). The molecule has 2 aromatic rings. The minimum atomic E-state index is -0.793. The molecule has 92 valence electrons. The number of halogens is 2. The molecule has 3 nitrogen and oxygen atoms in total. The van der Waals surface area contributed by atoms with Crippen LogP contribution in [-0.4, -0.2) is 11.0 Å². The number of phenolic OH excluding ortho intramolecular Hbond substituents is 1. The molecule has 0 spiro atoms. The van der Waals surface area contributed by atoms with Crippen LogP contribution in [0.5, 0.6) is 5.75 Å². The van der Waals surface area contributed by atoms with Gasteiger partial charge in [0.2, 0.25) is 0 Å². The summed E-state index contributed by atoms with van der Waals surface area (Å²) in [6.45, 7) is 0. The number of nitrogens with one attached hydrogen (secondary N) is 1. The van der Waals surface area contributed by atoms with Gasteiger partial charge in [-0.2, -0.15) is 0 Å². The van der Waals surface area contributed by atoms with Crippen molar-refractivity contribution in [3.8, 4) is 5.75 Å². The first-order valence-corrected chi connectivity index (χ1v) is 5.49. The van der Waals surface area contributed by atoms with Crippen LogP contribution >= 0.6 is 11.6 Å². The number of hydrogen-bond donors (Lipinski definition) is 2. The van der Waals surface area contributed by atoms with Crippen molar-refractivity contribution in [2.75, 3.05) is 5.32 Å². The van der Waals surface area contributed by atoms with Crippen LogP contribution in [0.3, 0.4) is 0 Å². The fourth-order valence-corrected chi connectivity index (χ4v) is 1.61. The summed E-state index contributed by atoms with van der Waals surface area (Å²) in [5.74, 6) is -1.66. The van der Waals surface area contributed by atoms with Gasteiger partial charge in [0.05, 0.1) is 0 Å². The summed E-state index contributed by atoms with van der Waals surface area (Å²) < 4.78 is 13.1. The zero-order valence-corrected chi connectivity index (χ0v) is 9.91. The van der Waals surface area contributed by atoms with E-state index in [2.05, 4.69) is 5.32 Å². The summed E-state index contributed by atoms with van der Waals surface area (Å²) in [5.41, 5.74) is 0.631. The first kappa shape index (κ1) is 12.4. The minimum absolute atomic E-state index is 0.260. The summed E-state index contributed by atoms with van der Waals surface area (Å²) in [7, 11) is 0. The van der Waals surface area contributed by atoms with Crippen LogP contribution in [0.2, 0.25) is 5.02 Å². The van der Waals surface area contributed by atoms with E-state index in [0.717, 1.165) is 6.07 Å². The number of aromatic hydroxyl groups is 1. The molecule has 0 aromatic heterocycles. The monoisotopic (exact) mass is 265 g/mol. The number of amides is 1. The Morgan fingerprint density at radius 3 is 2.67 bits per heavy atom. The fourth-order valence-electron chi connectivity index (χ4n) is 1.42. The van der Waals surface area contributed by atoms with Gasteiger partial charge in [0, 0.05) is 22.3 Å². The molecule has 2 rings (SSSR count). The number of rotatable bonds is 2. The lowest BCUT2D eigenvalue weighted by Gasteiger charge is -2.06. The van der Waals surface area contributed by atoms with Crippen LogP contribution in [0, 0.1) is 5.82 Å². The predicted octanol–water partition coefficient (Wildman–Crippen LogP) is 3.44. The number of anilines is 1. The van der Waals surface area contributed by atoms with Gasteiger partial charge in [-0.05, 0) is 30.3 Å². The highest BCUT2D eigenvalue weighted by molar-refractivity contribution is 6.31. The largest absolute Gasteiger partial charge is 0.505 e. The van der Waals surface area contributed by atoms with Crippen molar-refractivity contribution in [2.24, 2.45) is 0 Å². The average molecular weight is 266 g/mol. The number of benzene rings is 2. The van der Waals surface area contributed by atoms with E-state index in [9.17, 15) is 9.18 Å². The van der Waals surface area contributed by atoms with Crippen LogP contribution in [-0.2, 0) is 0 Å². The SMILES string of the molecule is O=C(Nc1ccc(O)c(F)c1)c1cccc(Cl)c1. The second kappa shape index (κ2) is 5.06. The third-order valence-electron chi connectivity index (χ3n) is 2.29. The van der Waals surface area contributed by atoms with Crippen LogP contribution in [0.25, 0.3) is 0 Å². The number of phenols is 1. The number of hydrogen-bond acceptors (Lipinski definition) is 2. The molecule has 0 saturated carbocycles. The molecule has 0 unspecified atom stereocenters. The number of carbonyl (C=O) groups excluding carboxylic acids is 1. The van der Waals surface area contributed by atoms with E-state index in [4.69, 9.17) is 16.7 Å². The molecule has 0 aliphatic carbocycles. The summed E-state index contributed by atoms with van der Waals surface area (Å²) in [6.07, 6.45) is 0. The van der Waals surface area contributed by atoms with Crippen LogP contribution in [0.15, 0.2) is 42.5 Å². The molecule has 0 heterocycles. The minimum Gasteiger partial charge on any atom is -0.505 e. The second-order valence-electron chi connectivity index (χ2n) is 3.63. The molecule has 1 amide bonds. The molecule has 2 aromatic carbocycles. The molecular formula is C13H9ClFNO2. The quantitative estimate of drug-likeness (QED) is 0.817. The van der Waals surface area contributed by atoms with Crippen molar-refractivity contribution in [1.82, 2.24) is 0 Å². The van der Waals surface area contributed by atoms with E-state index in [1.165, 1.54) is 18.2 Å². The Balaban J connectivity index is 2.18. The van der Waals surface area contributed by atoms with Gasteiger partial charge >= 0.3 is 0 Å². The van der Waals surface area contributed by atoms with Crippen molar-refractivity contribution in [3.05, 3.63) is 58.9 Å². The van der Waals surface area contributed by atoms with Gasteiger partial charge in [0.1, 0.15) is 0 Å². The fraction of sp³-hybridized carbons (Fsp3) is 0. The van der Waals surface area contributed by atoms with Gasteiger partial charge < -0.3 is 10.4 Å². The van der Waals surface area contributed by atoms with Gasteiger partial charge in [0.15, 0.2) is 11.6 Å². The Labute approximate surface area is 108 Å². The van der Waals surface area contributed by atoms with Crippen molar-refractivity contribution in [3.63, 3.8) is 0 Å². The molecule has 0 aliphatic rings. The molecule has 5 heteroatoms. The Hall–Kier alpha value is -2.07. The average Bonchev–Trinajstić information content (AvgIpc) is 2.34. The Kier molecular flexibility index (Phi) is 3.48. The zero-order chi connectivity index (χ0) is 13.1. The maximum absolute atomic E-state index is 13.1. The molecule has 0 radical (unpaired) electrons. The van der Waals surface area contributed by atoms with Crippen molar-refractivity contribution >= 4 is 23.2 Å². The van der Waals surface area contributed by atoms with E-state index in [1.807, 2.05) is 0 Å². The maximum atomic E-state index is 13.1. The molecule has 0 aliphatic heterocycles. The van der Waals surface area contributed by atoms with Gasteiger partial charge in [-0.25, -0.2) is 4.39 Å². The maximum Gasteiger partial charge on any atom is 0.255 e. The van der Waals surface area contributed by atoms with E-state index >= 15 is 0 Å². The van der Waals surface area contributed by atoms with Gasteiger partial charge in [-0.1, -0.05) is 17.7 Å². The third-order valence-corrected chi connectivity index (χ3v) is 2.53. The predicted molar refractivity (Wildman–Crippen MR) is 67.5 cm³/mol. The molecule has 0 bridgehead atoms. The van der Waals surface area contributed by atoms with Crippen molar-refractivity contribution in [1.29, 1.82) is 0 Å². The van der Waals surface area contributed by atoms with Gasteiger partial charge in [-0.15, -0.1) is 0 Å². The van der Waals surface area contributed by atoms with E-state index in [-0.39, 0.29) is 5.69 Å². The van der Waals surface area contributed by atoms with Crippen LogP contribution < -0.4 is 5.32 Å². The van der Waals surface area contributed by atoms with E-state index in [0.29, 0.717) is 10.6 Å². The Morgan fingerprint density at radius 1 is 1.22 bits per heavy atom. The highest BCUT2D eigenvalue weighted by atomic mass is 35.5. The molecular weight excluding hydrogens is 257 g/mol. The molecule has 18 heavy (non-hydrogen) atoms. The lowest BCUT2D eigenvalue weighted by atomic mass is 10.2. The summed E-state index contributed by atoms with van der Waals surface area (Å²) in [4.78, 5) is 11.8. The molecule has 0 saturated heterocycles. The number of carbonyl (C=O) groups is 1. The molecule has 2 N–H and O–H groups in total. The lowest BCUT2D eigenvalue weighted by Crippen LogP contribution is -2.11. The highest BCUT2D eigenvalue weighted by Gasteiger charge is 2.08. The smallest absolute Gasteiger partial charge is 0.255 e. The second-order valence-corrected chi connectivity index (χ2v) is 4.07. The Bertz CT molecular complexity index is 601. The summed E-state index contributed by atoms with van der Waals surface area (Å²) >= 11 is 5.76. The van der Waals surface area contributed by atoms with Crippen molar-refractivity contribution in [2.45, 2.75) is 0 Å². The lowest BCUT2D eigenvalue weighted by molar-refractivity contribution is 0.102. The summed E-state index contributed by atoms with van der Waals surface area (Å²) in [5, 5.41) is 12.0. The zero-order valence-electron chi connectivity index (χ0n) is 9.15. The van der Waals surface area contributed by atoms with Crippen molar-refractivity contribution < 1.29 is 14.3 Å². The van der Waals surface area contributed by atoms with Crippen LogP contribution in [0.4, 0.5) is 10.1 Å². The van der Waals surface area contributed by atoms with Crippen LogP contribution in [0.1, 0.15) is 10.4 Å². The molecule has 0 fully saturated rings. The highest BCUT2D eigenvalue weighted by Crippen LogP contribution is 2.20. The summed E-state index contributed by atoms with van der Waals surface area (Å²) in [6, 6.07) is 10.0. The van der Waals surface area contributed by atoms with E-state index in [1.54, 1.807) is 18.2 Å². The normalized spacial score (nSPS) is 10.1. The first-order chi connectivity index (χ1) is 8.56. The molecule has 0 atom stereocenters. The topological polar surface area (TPSA) is 49.3 Å².